The third-order valence-electron chi connectivity index (χ3n) is 9.87. The topological polar surface area (TPSA) is 115 Å². The van der Waals surface area contributed by atoms with E-state index >= 15 is 0 Å². The Morgan fingerprint density at radius 3 is 2.26 bits per heavy atom. The number of fused-ring (bicyclic) bond motifs is 2. The summed E-state index contributed by atoms with van der Waals surface area (Å²) in [6, 6.07) is 31.1. The highest BCUT2D eigenvalue weighted by atomic mass is 16.5. The Labute approximate surface area is 296 Å². The lowest BCUT2D eigenvalue weighted by Gasteiger charge is -2.31. The molecule has 1 heterocycles. The molecule has 0 saturated carbocycles. The van der Waals surface area contributed by atoms with Crippen LogP contribution in [0.5, 0.6) is 0 Å². The maximum atomic E-state index is 13.9. The average Bonchev–Trinajstić information content (AvgIpc) is 3.56. The van der Waals surface area contributed by atoms with Crippen LogP contribution in [0.15, 0.2) is 103 Å². The van der Waals surface area contributed by atoms with E-state index in [1.165, 1.54) is 0 Å². The lowest BCUT2D eigenvalue weighted by atomic mass is 9.86. The largest absolute Gasteiger partial charge is 0.391 e. The third-order valence-corrected chi connectivity index (χ3v) is 9.87. The molecule has 264 valence electrons. The summed E-state index contributed by atoms with van der Waals surface area (Å²) in [6.07, 6.45) is 2.04. The molecule has 0 aliphatic carbocycles. The van der Waals surface area contributed by atoms with Gasteiger partial charge in [-0.05, 0) is 51.8 Å². The van der Waals surface area contributed by atoms with Crippen LogP contribution in [-0.4, -0.2) is 46.7 Å². The number of aromatic amines is 1. The summed E-state index contributed by atoms with van der Waals surface area (Å²) in [5.41, 5.74) is 4.21. The second-order valence-electron chi connectivity index (χ2n) is 13.7. The van der Waals surface area contributed by atoms with Crippen molar-refractivity contribution in [1.29, 1.82) is 0 Å². The molecule has 0 aliphatic heterocycles. The van der Waals surface area contributed by atoms with Crippen LogP contribution in [0.3, 0.4) is 0 Å². The minimum absolute atomic E-state index is 0.0690. The predicted molar refractivity (Wildman–Crippen MR) is 201 cm³/mol. The number of nitrogens with one attached hydrogen (secondary N) is 4. The predicted octanol–water partition coefficient (Wildman–Crippen LogP) is 6.87. The van der Waals surface area contributed by atoms with Crippen molar-refractivity contribution in [3.05, 3.63) is 120 Å². The van der Waals surface area contributed by atoms with Crippen molar-refractivity contribution in [2.45, 2.75) is 78.4 Å². The van der Waals surface area contributed by atoms with E-state index in [0.29, 0.717) is 19.7 Å². The van der Waals surface area contributed by atoms with Gasteiger partial charge in [-0.25, -0.2) is 0 Å². The van der Waals surface area contributed by atoms with E-state index in [-0.39, 0.29) is 36.7 Å². The molecule has 0 aliphatic rings. The van der Waals surface area contributed by atoms with Crippen molar-refractivity contribution >= 4 is 33.5 Å². The molecule has 8 heteroatoms. The second kappa shape index (κ2) is 17.9. The molecule has 5 N–H and O–H groups in total. The van der Waals surface area contributed by atoms with Crippen molar-refractivity contribution in [1.82, 2.24) is 20.9 Å². The van der Waals surface area contributed by atoms with Crippen molar-refractivity contribution < 1.29 is 19.4 Å². The zero-order valence-corrected chi connectivity index (χ0v) is 29.7. The van der Waals surface area contributed by atoms with E-state index in [2.05, 4.69) is 51.3 Å². The highest BCUT2D eigenvalue weighted by Gasteiger charge is 2.33. The smallest absolute Gasteiger partial charge is 0.243 e. The number of hydrogen-bond acceptors (Lipinski definition) is 5. The molecule has 4 aromatic carbocycles. The number of para-hydroxylation sites is 1. The maximum absolute atomic E-state index is 13.9. The molecule has 1 aromatic heterocycles. The lowest BCUT2D eigenvalue weighted by molar-refractivity contribution is -0.134. The van der Waals surface area contributed by atoms with E-state index in [1.807, 2.05) is 101 Å². The van der Waals surface area contributed by atoms with Crippen LogP contribution in [0.2, 0.25) is 0 Å². The summed E-state index contributed by atoms with van der Waals surface area (Å²) in [4.78, 5) is 30.6. The van der Waals surface area contributed by atoms with Gasteiger partial charge in [0.2, 0.25) is 11.8 Å². The van der Waals surface area contributed by atoms with Gasteiger partial charge in [0.25, 0.3) is 0 Å². The van der Waals surface area contributed by atoms with Gasteiger partial charge in [0.05, 0.1) is 25.4 Å². The number of rotatable bonds is 18. The number of amides is 2. The molecular weight excluding hydrogens is 624 g/mol. The van der Waals surface area contributed by atoms with Crippen molar-refractivity contribution in [2.24, 2.45) is 17.8 Å². The Hall–Kier alpha value is -4.50. The molecule has 0 saturated heterocycles. The molecule has 2 amide bonds. The first-order valence-corrected chi connectivity index (χ1v) is 17.9. The number of aromatic nitrogens is 1. The first kappa shape index (κ1) is 36.8. The third kappa shape index (κ3) is 9.59. The van der Waals surface area contributed by atoms with Crippen molar-refractivity contribution in [3.63, 3.8) is 0 Å². The Bertz CT molecular complexity index is 1820. The number of aliphatic hydroxyl groups is 1. The van der Waals surface area contributed by atoms with Crippen molar-refractivity contribution in [2.75, 3.05) is 6.61 Å². The molecule has 8 nitrogen and oxygen atoms in total. The number of ether oxygens (including phenoxy) is 1. The number of carbonyl (C=O) groups is 2. The van der Waals surface area contributed by atoms with Gasteiger partial charge in [0.1, 0.15) is 6.04 Å². The molecule has 0 fully saturated rings. The van der Waals surface area contributed by atoms with Gasteiger partial charge >= 0.3 is 0 Å². The van der Waals surface area contributed by atoms with Crippen LogP contribution in [-0.2, 0) is 34.0 Å². The van der Waals surface area contributed by atoms with Crippen LogP contribution in [0.25, 0.3) is 21.7 Å². The van der Waals surface area contributed by atoms with Gasteiger partial charge in [0.15, 0.2) is 0 Å². The monoisotopic (exact) mass is 676 g/mol. The quantitative estimate of drug-likeness (QED) is 0.0696. The van der Waals surface area contributed by atoms with Gasteiger partial charge in [0, 0.05) is 36.1 Å². The minimum Gasteiger partial charge on any atom is -0.391 e. The first-order chi connectivity index (χ1) is 24.2. The summed E-state index contributed by atoms with van der Waals surface area (Å²) in [6.45, 7) is 9.49. The fraction of sp³-hybridized carbons (Fsp3) is 0.381. The number of hydrogen-bond donors (Lipinski definition) is 5. The molecule has 0 spiro atoms. The maximum Gasteiger partial charge on any atom is 0.243 e. The molecule has 50 heavy (non-hydrogen) atoms. The molecule has 5 atom stereocenters. The van der Waals surface area contributed by atoms with Crippen molar-refractivity contribution in [3.8, 4) is 0 Å². The fourth-order valence-electron chi connectivity index (χ4n) is 6.50. The van der Waals surface area contributed by atoms with Gasteiger partial charge in [-0.1, -0.05) is 125 Å². The zero-order chi connectivity index (χ0) is 35.5. The van der Waals surface area contributed by atoms with Gasteiger partial charge in [-0.3, -0.25) is 9.59 Å². The fourth-order valence-corrected chi connectivity index (χ4v) is 6.50. The van der Waals surface area contributed by atoms with E-state index in [4.69, 9.17) is 4.74 Å². The van der Waals surface area contributed by atoms with Gasteiger partial charge in [-0.2, -0.15) is 0 Å². The lowest BCUT2D eigenvalue weighted by Crippen LogP contribution is -2.53. The summed E-state index contributed by atoms with van der Waals surface area (Å²) >= 11 is 0. The molecule has 5 rings (SSSR count). The minimum atomic E-state index is -0.889. The Morgan fingerprint density at radius 1 is 0.800 bits per heavy atom. The Balaban J connectivity index is 1.28. The van der Waals surface area contributed by atoms with Crippen LogP contribution in [0.4, 0.5) is 0 Å². The van der Waals surface area contributed by atoms with Crippen LogP contribution in [0, 0.1) is 17.8 Å². The summed E-state index contributed by atoms with van der Waals surface area (Å²) in [5.74, 6) is -1.10. The summed E-state index contributed by atoms with van der Waals surface area (Å²) < 4.78 is 6.29. The van der Waals surface area contributed by atoms with Crippen LogP contribution in [0.1, 0.15) is 57.2 Å². The molecule has 0 unspecified atom stereocenters. The van der Waals surface area contributed by atoms with E-state index in [1.54, 1.807) is 0 Å². The summed E-state index contributed by atoms with van der Waals surface area (Å²) in [5, 5.41) is 24.8. The Kier molecular flexibility index (Phi) is 13.2. The molecular formula is C42H52N4O4. The SMILES string of the molecule is CC[C@H](C)[C@H](NC(=O)[C@@H](C[C@H](O)[C@H](COCc1cccc2ccccc12)NCc1c[nH]c2ccccc12)C(C)C)C(=O)NCc1ccccc1. The molecule has 0 bridgehead atoms. The summed E-state index contributed by atoms with van der Waals surface area (Å²) in [7, 11) is 0. The number of aliphatic hydroxyl groups excluding tert-OH is 1. The van der Waals surface area contributed by atoms with E-state index < -0.39 is 24.1 Å². The van der Waals surface area contributed by atoms with Gasteiger partial charge < -0.3 is 30.8 Å². The number of H-pyrrole nitrogens is 1. The van der Waals surface area contributed by atoms with Crippen LogP contribution < -0.4 is 16.0 Å². The first-order valence-electron chi connectivity index (χ1n) is 17.9. The Morgan fingerprint density at radius 2 is 1.50 bits per heavy atom. The molecule has 5 aromatic rings. The van der Waals surface area contributed by atoms with E-state index in [9.17, 15) is 14.7 Å². The van der Waals surface area contributed by atoms with E-state index in [0.717, 1.165) is 44.8 Å². The highest BCUT2D eigenvalue weighted by molar-refractivity contribution is 5.89. The van der Waals surface area contributed by atoms with Crippen LogP contribution >= 0.6 is 0 Å². The molecule has 0 radical (unpaired) electrons. The van der Waals surface area contributed by atoms with Gasteiger partial charge in [-0.15, -0.1) is 0 Å². The highest BCUT2D eigenvalue weighted by Crippen LogP contribution is 2.24. The second-order valence-corrected chi connectivity index (χ2v) is 13.7. The number of carbonyl (C=O) groups excluding carboxylic acids is 2. The normalized spacial score (nSPS) is 14.7. The zero-order valence-electron chi connectivity index (χ0n) is 29.7. The number of benzene rings is 4. The average molecular weight is 677 g/mol. The standard InChI is InChI=1S/C42H52N4O4/c1-5-29(4)40(42(49)45-23-30-14-7-6-8-15-30)46-41(48)36(28(2)3)22-39(47)38(44-25-33-24-43-37-21-12-11-20-35(33)37)27-50-26-32-18-13-17-31-16-9-10-19-34(31)32/h6-21,24,28-29,36,38-40,43-44,47H,5,22-23,25-27H2,1-4H3,(H,45,49)(H,46,48)/t29-,36-,38-,39-,40-/m0/s1.